The summed E-state index contributed by atoms with van der Waals surface area (Å²) in [6.45, 7) is 6.22. The fourth-order valence-electron chi connectivity index (χ4n) is 2.42. The van der Waals surface area contributed by atoms with E-state index >= 15 is 0 Å². The van der Waals surface area contributed by atoms with E-state index in [4.69, 9.17) is 9.26 Å². The molecule has 0 atom stereocenters. The molecular weight excluding hydrogens is 286 g/mol. The quantitative estimate of drug-likeness (QED) is 0.834. The van der Waals surface area contributed by atoms with Gasteiger partial charge in [-0.25, -0.2) is 0 Å². The Morgan fingerprint density at radius 2 is 2.23 bits per heavy atom. The van der Waals surface area contributed by atoms with Crippen LogP contribution in [0.15, 0.2) is 16.8 Å². The van der Waals surface area contributed by atoms with E-state index in [1.807, 2.05) is 18.4 Å². The van der Waals surface area contributed by atoms with Gasteiger partial charge in [0.1, 0.15) is 12.4 Å². The third kappa shape index (κ3) is 3.01. The Morgan fingerprint density at radius 3 is 2.95 bits per heavy atom. The maximum absolute atomic E-state index is 12.3. The number of ether oxygens (including phenoxy) is 1. The number of nitrogens with zero attached hydrogens (tertiary/aromatic N) is 5. The van der Waals surface area contributed by atoms with Gasteiger partial charge in [-0.3, -0.25) is 4.79 Å². The second-order valence-corrected chi connectivity index (χ2v) is 5.46. The number of aromatic nitrogens is 4. The topological polar surface area (TPSA) is 86.3 Å². The van der Waals surface area contributed by atoms with Crippen LogP contribution in [-0.2, 0) is 24.3 Å². The summed E-state index contributed by atoms with van der Waals surface area (Å²) in [4.78, 5) is 14.1. The Bertz CT molecular complexity index is 635. The minimum absolute atomic E-state index is 0.142. The van der Waals surface area contributed by atoms with E-state index < -0.39 is 0 Å². The van der Waals surface area contributed by atoms with Gasteiger partial charge in [0.05, 0.1) is 12.3 Å². The van der Waals surface area contributed by atoms with Gasteiger partial charge in [-0.2, -0.15) is 0 Å². The monoisotopic (exact) mass is 305 g/mol. The zero-order valence-corrected chi connectivity index (χ0v) is 12.7. The number of rotatable bonds is 4. The summed E-state index contributed by atoms with van der Waals surface area (Å²) in [5.74, 6) is 1.81. The van der Waals surface area contributed by atoms with Crippen molar-refractivity contribution in [3.05, 3.63) is 29.7 Å². The van der Waals surface area contributed by atoms with Crippen LogP contribution in [0, 0.1) is 0 Å². The Hall–Kier alpha value is -2.22. The van der Waals surface area contributed by atoms with Gasteiger partial charge >= 0.3 is 0 Å². The number of amides is 1. The highest BCUT2D eigenvalue weighted by Crippen LogP contribution is 2.13. The lowest BCUT2D eigenvalue weighted by atomic mass is 10.3. The third-order valence-corrected chi connectivity index (χ3v) is 3.58. The highest BCUT2D eigenvalue weighted by atomic mass is 16.5. The second kappa shape index (κ2) is 6.27. The van der Waals surface area contributed by atoms with Gasteiger partial charge in [-0.05, 0) is 13.8 Å². The Labute approximate surface area is 128 Å². The molecule has 0 unspecified atom stereocenters. The summed E-state index contributed by atoms with van der Waals surface area (Å²) in [6.07, 6.45) is 2.28. The van der Waals surface area contributed by atoms with E-state index in [2.05, 4.69) is 15.4 Å². The van der Waals surface area contributed by atoms with E-state index in [0.29, 0.717) is 32.7 Å². The van der Waals surface area contributed by atoms with Crippen molar-refractivity contribution in [3.8, 4) is 0 Å². The van der Waals surface area contributed by atoms with Crippen LogP contribution >= 0.6 is 0 Å². The molecule has 1 aliphatic rings. The van der Waals surface area contributed by atoms with Crippen molar-refractivity contribution in [2.24, 2.45) is 0 Å². The molecular formula is C14H19N5O3. The Kier molecular flexibility index (Phi) is 4.19. The molecule has 0 bridgehead atoms. The summed E-state index contributed by atoms with van der Waals surface area (Å²) in [5.41, 5.74) is 0. The molecule has 0 saturated carbocycles. The van der Waals surface area contributed by atoms with Gasteiger partial charge in [0.25, 0.3) is 5.91 Å². The van der Waals surface area contributed by atoms with E-state index in [1.165, 1.54) is 6.20 Å². The summed E-state index contributed by atoms with van der Waals surface area (Å²) in [7, 11) is 0. The highest BCUT2D eigenvalue weighted by molar-refractivity contribution is 5.91. The van der Waals surface area contributed by atoms with E-state index in [0.717, 1.165) is 11.6 Å². The van der Waals surface area contributed by atoms with Gasteiger partial charge in [0, 0.05) is 32.1 Å². The van der Waals surface area contributed by atoms with Crippen LogP contribution in [0.4, 0.5) is 0 Å². The highest BCUT2D eigenvalue weighted by Gasteiger charge is 2.24. The molecule has 2 aromatic heterocycles. The summed E-state index contributed by atoms with van der Waals surface area (Å²) in [6, 6.07) is 1.58. The van der Waals surface area contributed by atoms with Crippen LogP contribution in [0.2, 0.25) is 0 Å². The fourth-order valence-corrected chi connectivity index (χ4v) is 2.42. The Morgan fingerprint density at radius 1 is 1.36 bits per heavy atom. The molecule has 0 saturated heterocycles. The van der Waals surface area contributed by atoms with Gasteiger partial charge in [-0.15, -0.1) is 10.2 Å². The molecule has 0 spiro atoms. The average Bonchev–Trinajstić information content (AvgIpc) is 3.11. The largest absolute Gasteiger partial charge is 0.371 e. The molecule has 22 heavy (non-hydrogen) atoms. The molecule has 0 N–H and O–H groups in total. The predicted octanol–water partition coefficient (Wildman–Crippen LogP) is 0.890. The maximum Gasteiger partial charge on any atom is 0.292 e. The van der Waals surface area contributed by atoms with Crippen molar-refractivity contribution in [1.29, 1.82) is 0 Å². The van der Waals surface area contributed by atoms with Crippen LogP contribution in [0.3, 0.4) is 0 Å². The minimum Gasteiger partial charge on any atom is -0.371 e. The van der Waals surface area contributed by atoms with Crippen molar-refractivity contribution >= 4 is 5.91 Å². The smallest absolute Gasteiger partial charge is 0.292 e. The summed E-state index contributed by atoms with van der Waals surface area (Å²) in [5, 5.41) is 12.0. The molecule has 1 aliphatic heterocycles. The maximum atomic E-state index is 12.3. The van der Waals surface area contributed by atoms with Crippen molar-refractivity contribution in [3.63, 3.8) is 0 Å². The number of carbonyl (C=O) groups excluding carboxylic acids is 1. The third-order valence-electron chi connectivity index (χ3n) is 3.58. The van der Waals surface area contributed by atoms with Gasteiger partial charge in [0.2, 0.25) is 5.76 Å². The molecule has 0 radical (unpaired) electrons. The molecule has 0 fully saturated rings. The number of fused-ring (bicyclic) bond motifs is 1. The predicted molar refractivity (Wildman–Crippen MR) is 76.1 cm³/mol. The Balaban J connectivity index is 1.69. The van der Waals surface area contributed by atoms with Crippen molar-refractivity contribution in [1.82, 2.24) is 24.8 Å². The van der Waals surface area contributed by atoms with Gasteiger partial charge in [0.15, 0.2) is 5.82 Å². The van der Waals surface area contributed by atoms with Crippen LogP contribution in [0.25, 0.3) is 0 Å². The number of hydrogen-bond donors (Lipinski definition) is 0. The summed E-state index contributed by atoms with van der Waals surface area (Å²) >= 11 is 0. The molecule has 0 aliphatic carbocycles. The second-order valence-electron chi connectivity index (χ2n) is 5.46. The lowest BCUT2D eigenvalue weighted by Gasteiger charge is -2.18. The van der Waals surface area contributed by atoms with Crippen molar-refractivity contribution < 1.29 is 14.1 Å². The van der Waals surface area contributed by atoms with E-state index in [1.54, 1.807) is 11.0 Å². The van der Waals surface area contributed by atoms with Gasteiger partial charge < -0.3 is 18.7 Å². The van der Waals surface area contributed by atoms with Crippen LogP contribution in [0.5, 0.6) is 0 Å². The molecule has 8 nitrogen and oxygen atoms in total. The minimum atomic E-state index is -0.142. The van der Waals surface area contributed by atoms with Crippen LogP contribution in [-0.4, -0.2) is 49.9 Å². The van der Waals surface area contributed by atoms with Crippen molar-refractivity contribution in [2.45, 2.75) is 39.5 Å². The zero-order valence-electron chi connectivity index (χ0n) is 12.7. The molecule has 3 rings (SSSR count). The first-order valence-corrected chi connectivity index (χ1v) is 7.37. The molecule has 1 amide bonds. The van der Waals surface area contributed by atoms with Crippen LogP contribution < -0.4 is 0 Å². The molecule has 2 aromatic rings. The molecule has 8 heteroatoms. The standard InChI is InChI=1S/C14H19N5O3/c1-10(2)21-9-13-17-16-12-4-6-18(7-8-19(12)13)14(20)11-3-5-15-22-11/h3,5,10H,4,6-9H2,1-2H3. The van der Waals surface area contributed by atoms with Gasteiger partial charge in [-0.1, -0.05) is 5.16 Å². The van der Waals surface area contributed by atoms with Crippen molar-refractivity contribution in [2.75, 3.05) is 13.1 Å². The lowest BCUT2D eigenvalue weighted by Crippen LogP contribution is -2.33. The molecule has 0 aromatic carbocycles. The van der Waals surface area contributed by atoms with E-state index in [-0.39, 0.29) is 17.8 Å². The first-order chi connectivity index (χ1) is 10.6. The van der Waals surface area contributed by atoms with Crippen LogP contribution in [0.1, 0.15) is 36.1 Å². The first kappa shape index (κ1) is 14.7. The first-order valence-electron chi connectivity index (χ1n) is 7.37. The fraction of sp³-hybridized carbons (Fsp3) is 0.571. The average molecular weight is 305 g/mol. The normalized spacial score (nSPS) is 15.0. The number of hydrogen-bond acceptors (Lipinski definition) is 6. The molecule has 118 valence electrons. The van der Waals surface area contributed by atoms with E-state index in [9.17, 15) is 4.79 Å². The molecule has 3 heterocycles. The number of carbonyl (C=O) groups is 1. The summed E-state index contributed by atoms with van der Waals surface area (Å²) < 4.78 is 12.6. The zero-order chi connectivity index (χ0) is 15.5. The SMILES string of the molecule is CC(C)OCc1nnc2n1CCN(C(=O)c1ccno1)CC2. The lowest BCUT2D eigenvalue weighted by molar-refractivity contribution is 0.0588.